The van der Waals surface area contributed by atoms with Crippen molar-refractivity contribution in [2.75, 3.05) is 6.61 Å². The van der Waals surface area contributed by atoms with Gasteiger partial charge in [-0.25, -0.2) is 4.98 Å². The van der Waals surface area contributed by atoms with Crippen molar-refractivity contribution in [3.05, 3.63) is 76.5 Å². The molecule has 1 atom stereocenters. The minimum Gasteiger partial charge on any atom is -0.395 e. The van der Waals surface area contributed by atoms with Gasteiger partial charge in [-0.3, -0.25) is 4.79 Å². The van der Waals surface area contributed by atoms with Crippen molar-refractivity contribution in [2.24, 2.45) is 13.0 Å². The van der Waals surface area contributed by atoms with E-state index in [9.17, 15) is 15.2 Å². The van der Waals surface area contributed by atoms with E-state index in [1.54, 1.807) is 6.08 Å². The molecule has 1 aliphatic heterocycles. The van der Waals surface area contributed by atoms with Crippen LogP contribution in [0.4, 0.5) is 0 Å². The molecule has 0 saturated carbocycles. The lowest BCUT2D eigenvalue weighted by Gasteiger charge is -2.14. The van der Waals surface area contributed by atoms with E-state index in [-0.39, 0.29) is 12.4 Å². The van der Waals surface area contributed by atoms with E-state index in [0.717, 1.165) is 15.9 Å². The van der Waals surface area contributed by atoms with Crippen molar-refractivity contribution in [2.45, 2.75) is 11.8 Å². The molecule has 144 valence electrons. The highest BCUT2D eigenvalue weighted by atomic mass is 32.2. The van der Waals surface area contributed by atoms with E-state index in [0.29, 0.717) is 27.4 Å². The molecule has 4 rings (SSSR count). The summed E-state index contributed by atoms with van der Waals surface area (Å²) < 4.78 is 1.88. The predicted molar refractivity (Wildman–Crippen MR) is 114 cm³/mol. The standard InChI is InChI=1S/C23H19N3O2S/c1-14(17(12-24)23-25-18-8-4-5-9-19(18)26(23)2)15(13-27)11-21-22(28)16-7-3-6-10-20(16)29-21/h3-11,15,27H,13H2,1-2H3/b17-14-,21-11-. The van der Waals surface area contributed by atoms with E-state index < -0.39 is 5.92 Å². The highest BCUT2D eigenvalue weighted by Crippen LogP contribution is 2.41. The summed E-state index contributed by atoms with van der Waals surface area (Å²) in [6.07, 6.45) is 1.77. The Kier molecular flexibility index (Phi) is 5.10. The number of rotatable bonds is 4. The number of aryl methyl sites for hydroxylation is 1. The number of carbonyl (C=O) groups is 1. The third-order valence-corrected chi connectivity index (χ3v) is 6.32. The summed E-state index contributed by atoms with van der Waals surface area (Å²) in [6, 6.07) is 17.4. The molecule has 2 aromatic carbocycles. The van der Waals surface area contributed by atoms with Crippen LogP contribution >= 0.6 is 11.8 Å². The lowest BCUT2D eigenvalue weighted by molar-refractivity contribution is 0.104. The summed E-state index contributed by atoms with van der Waals surface area (Å²) in [7, 11) is 1.87. The van der Waals surface area contributed by atoms with Gasteiger partial charge in [0.05, 0.1) is 28.1 Å². The highest BCUT2D eigenvalue weighted by Gasteiger charge is 2.27. The van der Waals surface area contributed by atoms with Crippen LogP contribution in [0.5, 0.6) is 0 Å². The Balaban J connectivity index is 1.76. The molecule has 29 heavy (non-hydrogen) atoms. The van der Waals surface area contributed by atoms with Gasteiger partial charge in [0.25, 0.3) is 0 Å². The van der Waals surface area contributed by atoms with Gasteiger partial charge in [0.1, 0.15) is 6.07 Å². The maximum absolute atomic E-state index is 12.7. The molecule has 0 fully saturated rings. The first-order valence-electron chi connectivity index (χ1n) is 9.22. The molecule has 0 spiro atoms. The third kappa shape index (κ3) is 3.29. The highest BCUT2D eigenvalue weighted by molar-refractivity contribution is 8.04. The fourth-order valence-corrected chi connectivity index (χ4v) is 4.61. The molecular weight excluding hydrogens is 382 g/mol. The number of Topliss-reactive ketones (excluding diaryl/α,β-unsaturated/α-hetero) is 1. The minimum absolute atomic E-state index is 0.0434. The number of nitrogens with zero attached hydrogens (tertiary/aromatic N) is 3. The number of ketones is 1. The summed E-state index contributed by atoms with van der Waals surface area (Å²) in [5, 5.41) is 19.9. The number of carbonyl (C=O) groups excluding carboxylic acids is 1. The van der Waals surface area contributed by atoms with E-state index >= 15 is 0 Å². The summed E-state index contributed by atoms with van der Waals surface area (Å²) in [4.78, 5) is 18.8. The van der Waals surface area contributed by atoms with Crippen LogP contribution in [0.2, 0.25) is 0 Å². The van der Waals surface area contributed by atoms with E-state index in [2.05, 4.69) is 11.1 Å². The monoisotopic (exact) mass is 401 g/mol. The Labute approximate surface area is 173 Å². The quantitative estimate of drug-likeness (QED) is 0.519. The summed E-state index contributed by atoms with van der Waals surface area (Å²) in [6.45, 7) is 1.61. The van der Waals surface area contributed by atoms with Crippen LogP contribution < -0.4 is 0 Å². The number of aromatic nitrogens is 2. The lowest BCUT2D eigenvalue weighted by atomic mass is 9.94. The average molecular weight is 401 g/mol. The number of hydrogen-bond donors (Lipinski definition) is 1. The number of hydrogen-bond acceptors (Lipinski definition) is 5. The topological polar surface area (TPSA) is 78.9 Å². The Morgan fingerprint density at radius 2 is 2.00 bits per heavy atom. The number of aliphatic hydroxyl groups excluding tert-OH is 1. The number of thioether (sulfide) groups is 1. The number of allylic oxidation sites excluding steroid dienone is 2. The first-order chi connectivity index (χ1) is 14.0. The molecular formula is C23H19N3O2S. The normalized spacial score (nSPS) is 16.6. The van der Waals surface area contributed by atoms with Crippen molar-refractivity contribution >= 4 is 34.2 Å². The molecule has 0 amide bonds. The van der Waals surface area contributed by atoms with Crippen LogP contribution in [0.15, 0.2) is 70.0 Å². The van der Waals surface area contributed by atoms with Crippen molar-refractivity contribution in [1.29, 1.82) is 5.26 Å². The van der Waals surface area contributed by atoms with Gasteiger partial charge in [0.15, 0.2) is 5.82 Å². The molecule has 1 aliphatic rings. The third-order valence-electron chi connectivity index (χ3n) is 5.20. The first-order valence-corrected chi connectivity index (χ1v) is 10.0. The van der Waals surface area contributed by atoms with Gasteiger partial charge < -0.3 is 9.67 Å². The Morgan fingerprint density at radius 1 is 1.28 bits per heavy atom. The van der Waals surface area contributed by atoms with Gasteiger partial charge in [-0.2, -0.15) is 5.26 Å². The van der Waals surface area contributed by atoms with Crippen LogP contribution in [-0.2, 0) is 7.05 Å². The maximum atomic E-state index is 12.7. The number of aliphatic hydroxyl groups is 1. The molecule has 1 aromatic heterocycles. The SMILES string of the molecule is C/C(=C(\C#N)c1nc2ccccc2n1C)C(/C=C1\Sc2ccccc2C1=O)CO. The number of para-hydroxylation sites is 2. The Bertz CT molecular complexity index is 1230. The molecule has 0 bridgehead atoms. The Morgan fingerprint density at radius 3 is 2.69 bits per heavy atom. The van der Waals surface area contributed by atoms with Gasteiger partial charge >= 0.3 is 0 Å². The molecule has 2 heterocycles. The minimum atomic E-state index is -0.453. The summed E-state index contributed by atoms with van der Waals surface area (Å²) in [5.74, 6) is 0.0556. The van der Waals surface area contributed by atoms with E-state index in [4.69, 9.17) is 0 Å². The van der Waals surface area contributed by atoms with Gasteiger partial charge in [0.2, 0.25) is 5.78 Å². The van der Waals surface area contributed by atoms with Crippen molar-refractivity contribution in [3.8, 4) is 6.07 Å². The van der Waals surface area contributed by atoms with Gasteiger partial charge in [-0.15, -0.1) is 0 Å². The maximum Gasteiger partial charge on any atom is 0.200 e. The fraction of sp³-hybridized carbons (Fsp3) is 0.174. The predicted octanol–water partition coefficient (Wildman–Crippen LogP) is 4.35. The zero-order chi connectivity index (χ0) is 20.5. The average Bonchev–Trinajstić information content (AvgIpc) is 3.24. The molecule has 0 radical (unpaired) electrons. The van der Waals surface area contributed by atoms with Crippen molar-refractivity contribution in [3.63, 3.8) is 0 Å². The molecule has 1 N–H and O–H groups in total. The van der Waals surface area contributed by atoms with Crippen molar-refractivity contribution < 1.29 is 9.90 Å². The zero-order valence-corrected chi connectivity index (χ0v) is 16.9. The zero-order valence-electron chi connectivity index (χ0n) is 16.1. The van der Waals surface area contributed by atoms with Crippen molar-refractivity contribution in [1.82, 2.24) is 9.55 Å². The number of benzene rings is 2. The first kappa shape index (κ1) is 19.2. The molecule has 0 aliphatic carbocycles. The summed E-state index contributed by atoms with van der Waals surface area (Å²) in [5.41, 5.74) is 3.51. The van der Waals surface area contributed by atoms with E-state index in [1.807, 2.05) is 67.1 Å². The van der Waals surface area contributed by atoms with Crippen LogP contribution in [-0.4, -0.2) is 27.0 Å². The number of fused-ring (bicyclic) bond motifs is 2. The number of nitriles is 1. The molecule has 3 aromatic rings. The molecule has 0 saturated heterocycles. The van der Waals surface area contributed by atoms with E-state index in [1.165, 1.54) is 11.8 Å². The van der Waals surface area contributed by atoms with Gasteiger partial charge in [0, 0.05) is 23.4 Å². The number of imidazole rings is 1. The van der Waals surface area contributed by atoms with Crippen LogP contribution in [0.3, 0.4) is 0 Å². The molecule has 6 heteroatoms. The van der Waals surface area contributed by atoms with Gasteiger partial charge in [-0.05, 0) is 36.8 Å². The second-order valence-electron chi connectivity index (χ2n) is 6.90. The molecule has 1 unspecified atom stereocenters. The summed E-state index contributed by atoms with van der Waals surface area (Å²) >= 11 is 1.40. The largest absolute Gasteiger partial charge is 0.395 e. The van der Waals surface area contributed by atoms with Gasteiger partial charge in [-0.1, -0.05) is 42.1 Å². The Hall–Kier alpha value is -3.14. The fourth-order valence-electron chi connectivity index (χ4n) is 3.52. The van der Waals surface area contributed by atoms with Crippen LogP contribution in [0.1, 0.15) is 23.1 Å². The smallest absolute Gasteiger partial charge is 0.200 e. The van der Waals surface area contributed by atoms with Crippen LogP contribution in [0, 0.1) is 17.2 Å². The second-order valence-corrected chi connectivity index (χ2v) is 7.98. The lowest BCUT2D eigenvalue weighted by Crippen LogP contribution is -2.10. The second kappa shape index (κ2) is 7.70. The molecule has 5 nitrogen and oxygen atoms in total. The van der Waals surface area contributed by atoms with Crippen LogP contribution in [0.25, 0.3) is 16.6 Å².